The molecule has 1 rings (SSSR count). The number of hydrogen-bond donors (Lipinski definition) is 3. The van der Waals surface area contributed by atoms with Crippen molar-refractivity contribution in [3.05, 3.63) is 29.8 Å². The molecular formula is C13H19N3O2. The highest BCUT2D eigenvalue weighted by Crippen LogP contribution is 2.10. The van der Waals surface area contributed by atoms with Crippen molar-refractivity contribution in [2.45, 2.75) is 32.7 Å². The lowest BCUT2D eigenvalue weighted by Crippen LogP contribution is -2.43. The van der Waals surface area contributed by atoms with Crippen LogP contribution < -0.4 is 16.4 Å². The minimum Gasteiger partial charge on any atom is -0.369 e. The summed E-state index contributed by atoms with van der Waals surface area (Å²) in [5.74, 6) is -0.374. The van der Waals surface area contributed by atoms with Crippen molar-refractivity contribution in [2.24, 2.45) is 5.73 Å². The van der Waals surface area contributed by atoms with Crippen LogP contribution in [-0.4, -0.2) is 17.5 Å². The molecule has 1 aromatic rings. The number of hydrogen-bond acceptors (Lipinski definition) is 2. The molecule has 0 saturated heterocycles. The molecule has 1 aromatic carbocycles. The Morgan fingerprint density at radius 3 is 2.17 bits per heavy atom. The molecule has 0 aromatic heterocycles. The largest absolute Gasteiger partial charge is 0.369 e. The van der Waals surface area contributed by atoms with Gasteiger partial charge in [0, 0.05) is 11.2 Å². The highest BCUT2D eigenvalue weighted by Gasteiger charge is 2.13. The SMILES string of the molecule is CC(C)(C)NC(=O)Nc1ccc(CC(N)=O)cc1. The van der Waals surface area contributed by atoms with Gasteiger partial charge in [0.15, 0.2) is 0 Å². The zero-order valence-electron chi connectivity index (χ0n) is 10.9. The first-order chi connectivity index (χ1) is 8.26. The van der Waals surface area contributed by atoms with Crippen molar-refractivity contribution >= 4 is 17.6 Å². The Morgan fingerprint density at radius 1 is 1.17 bits per heavy atom. The highest BCUT2D eigenvalue weighted by atomic mass is 16.2. The summed E-state index contributed by atoms with van der Waals surface area (Å²) in [7, 11) is 0. The molecule has 5 nitrogen and oxygen atoms in total. The van der Waals surface area contributed by atoms with Crippen molar-refractivity contribution in [2.75, 3.05) is 5.32 Å². The van der Waals surface area contributed by atoms with Crippen LogP contribution in [0.4, 0.5) is 10.5 Å². The third-order valence-electron chi connectivity index (χ3n) is 2.08. The smallest absolute Gasteiger partial charge is 0.319 e. The van der Waals surface area contributed by atoms with E-state index in [0.717, 1.165) is 5.56 Å². The second kappa shape index (κ2) is 5.53. The van der Waals surface area contributed by atoms with E-state index in [1.54, 1.807) is 24.3 Å². The Labute approximate surface area is 107 Å². The maximum Gasteiger partial charge on any atom is 0.319 e. The number of nitrogens with two attached hydrogens (primary N) is 1. The van der Waals surface area contributed by atoms with Gasteiger partial charge in [-0.3, -0.25) is 4.79 Å². The Bertz CT molecular complexity index is 433. The number of urea groups is 1. The molecule has 0 aliphatic carbocycles. The van der Waals surface area contributed by atoms with Crippen LogP contribution in [0, 0.1) is 0 Å². The third kappa shape index (κ3) is 5.34. The fourth-order valence-electron chi connectivity index (χ4n) is 1.41. The Hall–Kier alpha value is -2.04. The van der Waals surface area contributed by atoms with Gasteiger partial charge in [0.1, 0.15) is 0 Å². The standard InChI is InChI=1S/C13H19N3O2/c1-13(2,3)16-12(18)15-10-6-4-9(5-7-10)8-11(14)17/h4-7H,8H2,1-3H3,(H2,14,17)(H2,15,16,18). The van der Waals surface area contributed by atoms with Crippen LogP contribution >= 0.6 is 0 Å². The number of amides is 3. The van der Waals surface area contributed by atoms with Gasteiger partial charge in [-0.15, -0.1) is 0 Å². The van der Waals surface area contributed by atoms with E-state index in [-0.39, 0.29) is 23.9 Å². The molecule has 0 unspecified atom stereocenters. The van der Waals surface area contributed by atoms with Gasteiger partial charge in [0.2, 0.25) is 5.91 Å². The molecule has 0 atom stereocenters. The average Bonchev–Trinajstić information content (AvgIpc) is 2.17. The molecule has 3 amide bonds. The summed E-state index contributed by atoms with van der Waals surface area (Å²) in [6.07, 6.45) is 0.203. The van der Waals surface area contributed by atoms with E-state index >= 15 is 0 Å². The van der Waals surface area contributed by atoms with Gasteiger partial charge in [-0.2, -0.15) is 0 Å². The fourth-order valence-corrected chi connectivity index (χ4v) is 1.41. The monoisotopic (exact) mass is 249 g/mol. The zero-order chi connectivity index (χ0) is 13.8. The number of nitrogens with one attached hydrogen (secondary N) is 2. The molecule has 5 heteroatoms. The van der Waals surface area contributed by atoms with Crippen LogP contribution in [0.2, 0.25) is 0 Å². The van der Waals surface area contributed by atoms with Crippen molar-refractivity contribution in [1.82, 2.24) is 5.32 Å². The topological polar surface area (TPSA) is 84.2 Å². The molecule has 0 fully saturated rings. The predicted molar refractivity (Wildman–Crippen MR) is 71.2 cm³/mol. The van der Waals surface area contributed by atoms with Crippen molar-refractivity contribution in [3.8, 4) is 0 Å². The summed E-state index contributed by atoms with van der Waals surface area (Å²) >= 11 is 0. The van der Waals surface area contributed by atoms with Crippen molar-refractivity contribution < 1.29 is 9.59 Å². The Balaban J connectivity index is 2.58. The molecular weight excluding hydrogens is 230 g/mol. The normalized spacial score (nSPS) is 10.8. The van der Waals surface area contributed by atoms with E-state index in [0.29, 0.717) is 5.69 Å². The van der Waals surface area contributed by atoms with Gasteiger partial charge in [-0.1, -0.05) is 12.1 Å². The lowest BCUT2D eigenvalue weighted by molar-refractivity contribution is -0.117. The number of primary amides is 1. The molecule has 0 aliphatic rings. The van der Waals surface area contributed by atoms with Gasteiger partial charge in [0.05, 0.1) is 6.42 Å². The molecule has 0 saturated carbocycles. The molecule has 0 bridgehead atoms. The fraction of sp³-hybridized carbons (Fsp3) is 0.385. The van der Waals surface area contributed by atoms with Crippen LogP contribution in [-0.2, 0) is 11.2 Å². The van der Waals surface area contributed by atoms with Crippen LogP contribution in [0.5, 0.6) is 0 Å². The lowest BCUT2D eigenvalue weighted by Gasteiger charge is -2.20. The molecule has 0 heterocycles. The molecule has 98 valence electrons. The number of benzene rings is 1. The predicted octanol–water partition coefficient (Wildman–Crippen LogP) is 1.63. The summed E-state index contributed by atoms with van der Waals surface area (Å²) in [6, 6.07) is 6.74. The first-order valence-corrected chi connectivity index (χ1v) is 5.73. The number of anilines is 1. The average molecular weight is 249 g/mol. The second-order valence-corrected chi connectivity index (χ2v) is 5.17. The minimum absolute atomic E-state index is 0.203. The van der Waals surface area contributed by atoms with Gasteiger partial charge in [0.25, 0.3) is 0 Å². The molecule has 4 N–H and O–H groups in total. The van der Waals surface area contributed by atoms with E-state index in [4.69, 9.17) is 5.73 Å². The second-order valence-electron chi connectivity index (χ2n) is 5.17. The first kappa shape index (κ1) is 14.0. The minimum atomic E-state index is -0.374. The van der Waals surface area contributed by atoms with Gasteiger partial charge < -0.3 is 16.4 Å². The van der Waals surface area contributed by atoms with Crippen LogP contribution in [0.15, 0.2) is 24.3 Å². The maximum atomic E-state index is 11.6. The number of carbonyl (C=O) groups is 2. The van der Waals surface area contributed by atoms with Gasteiger partial charge in [-0.05, 0) is 38.5 Å². The number of rotatable bonds is 3. The Morgan fingerprint density at radius 2 is 1.72 bits per heavy atom. The summed E-state index contributed by atoms with van der Waals surface area (Å²) < 4.78 is 0. The van der Waals surface area contributed by atoms with Crippen LogP contribution in [0.1, 0.15) is 26.3 Å². The number of carbonyl (C=O) groups excluding carboxylic acids is 2. The summed E-state index contributed by atoms with van der Waals surface area (Å²) in [5.41, 5.74) is 6.31. The Kier molecular flexibility index (Phi) is 4.31. The summed E-state index contributed by atoms with van der Waals surface area (Å²) in [5, 5.41) is 5.50. The van der Waals surface area contributed by atoms with E-state index in [1.807, 2.05) is 20.8 Å². The molecule has 0 radical (unpaired) electrons. The highest BCUT2D eigenvalue weighted by molar-refractivity contribution is 5.89. The van der Waals surface area contributed by atoms with Crippen LogP contribution in [0.3, 0.4) is 0 Å². The summed E-state index contributed by atoms with van der Waals surface area (Å²) in [6.45, 7) is 5.72. The molecule has 0 aliphatic heterocycles. The summed E-state index contributed by atoms with van der Waals surface area (Å²) in [4.78, 5) is 22.3. The quantitative estimate of drug-likeness (QED) is 0.760. The van der Waals surface area contributed by atoms with E-state index < -0.39 is 0 Å². The van der Waals surface area contributed by atoms with Gasteiger partial charge in [-0.25, -0.2) is 4.79 Å². The van der Waals surface area contributed by atoms with Gasteiger partial charge >= 0.3 is 6.03 Å². The molecule has 0 spiro atoms. The maximum absolute atomic E-state index is 11.6. The zero-order valence-corrected chi connectivity index (χ0v) is 10.9. The van der Waals surface area contributed by atoms with Crippen molar-refractivity contribution in [3.63, 3.8) is 0 Å². The van der Waals surface area contributed by atoms with E-state index in [9.17, 15) is 9.59 Å². The van der Waals surface area contributed by atoms with Crippen LogP contribution in [0.25, 0.3) is 0 Å². The first-order valence-electron chi connectivity index (χ1n) is 5.73. The molecule has 18 heavy (non-hydrogen) atoms. The van der Waals surface area contributed by atoms with Crippen molar-refractivity contribution in [1.29, 1.82) is 0 Å². The van der Waals surface area contributed by atoms with E-state index in [1.165, 1.54) is 0 Å². The third-order valence-corrected chi connectivity index (χ3v) is 2.08. The lowest BCUT2D eigenvalue weighted by atomic mass is 10.1. The van der Waals surface area contributed by atoms with E-state index in [2.05, 4.69) is 10.6 Å².